The molecule has 1 aromatic rings. The van der Waals surface area contributed by atoms with Crippen LogP contribution in [0.2, 0.25) is 5.02 Å². The molecule has 0 atom stereocenters. The van der Waals surface area contributed by atoms with Crippen LogP contribution in [0.4, 0.5) is 5.69 Å². The molecule has 0 spiro atoms. The van der Waals surface area contributed by atoms with E-state index in [0.717, 1.165) is 6.07 Å². The van der Waals surface area contributed by atoms with Crippen molar-refractivity contribution in [3.8, 4) is 0 Å². The van der Waals surface area contributed by atoms with E-state index < -0.39 is 16.8 Å². The number of nitrogens with one attached hydrogen (secondary N) is 1. The molecule has 1 aromatic carbocycles. The van der Waals surface area contributed by atoms with E-state index in [1.165, 1.54) is 12.1 Å². The van der Waals surface area contributed by atoms with Crippen molar-refractivity contribution in [3.05, 3.63) is 38.9 Å². The Bertz CT molecular complexity index is 547. The number of halogens is 1. The number of nitro groups is 1. The zero-order chi connectivity index (χ0) is 15.8. The van der Waals surface area contributed by atoms with Crippen LogP contribution in [0.5, 0.6) is 0 Å². The van der Waals surface area contributed by atoms with E-state index in [0.29, 0.717) is 25.8 Å². The number of nitrogens with zero attached hydrogens (tertiary/aromatic N) is 1. The number of hydrogen-bond donors (Lipinski definition) is 2. The molecule has 21 heavy (non-hydrogen) atoms. The summed E-state index contributed by atoms with van der Waals surface area (Å²) < 4.78 is 0. The monoisotopic (exact) mass is 314 g/mol. The first-order valence-electron chi connectivity index (χ1n) is 6.35. The summed E-state index contributed by atoms with van der Waals surface area (Å²) in [6.45, 7) is 0.384. The van der Waals surface area contributed by atoms with Gasteiger partial charge < -0.3 is 10.4 Å². The quantitative estimate of drug-likeness (QED) is 0.435. The van der Waals surface area contributed by atoms with E-state index in [1.807, 2.05) is 0 Å². The fourth-order valence-corrected chi connectivity index (χ4v) is 1.86. The molecular formula is C13H15ClN2O5. The Morgan fingerprint density at radius 3 is 2.62 bits per heavy atom. The van der Waals surface area contributed by atoms with Gasteiger partial charge in [-0.25, -0.2) is 0 Å². The van der Waals surface area contributed by atoms with Gasteiger partial charge in [0.15, 0.2) is 0 Å². The number of carbonyl (C=O) groups is 2. The lowest BCUT2D eigenvalue weighted by molar-refractivity contribution is -0.384. The molecule has 0 heterocycles. The fourth-order valence-electron chi connectivity index (χ4n) is 1.68. The van der Waals surface area contributed by atoms with Gasteiger partial charge in [-0.3, -0.25) is 19.7 Å². The van der Waals surface area contributed by atoms with Crippen molar-refractivity contribution in [3.63, 3.8) is 0 Å². The number of rotatable bonds is 8. The maximum absolute atomic E-state index is 11.8. The third kappa shape index (κ3) is 5.78. The van der Waals surface area contributed by atoms with Gasteiger partial charge >= 0.3 is 5.97 Å². The van der Waals surface area contributed by atoms with Crippen molar-refractivity contribution in [1.82, 2.24) is 5.32 Å². The first-order chi connectivity index (χ1) is 9.91. The van der Waals surface area contributed by atoms with Crippen molar-refractivity contribution in [1.29, 1.82) is 0 Å². The minimum Gasteiger partial charge on any atom is -0.481 e. The van der Waals surface area contributed by atoms with Gasteiger partial charge in [0.2, 0.25) is 0 Å². The van der Waals surface area contributed by atoms with E-state index >= 15 is 0 Å². The highest BCUT2D eigenvalue weighted by molar-refractivity contribution is 6.32. The number of carboxylic acid groups (broad SMARTS) is 1. The first kappa shape index (κ1) is 16.9. The van der Waals surface area contributed by atoms with Crippen LogP contribution in [0.3, 0.4) is 0 Å². The van der Waals surface area contributed by atoms with Gasteiger partial charge in [-0.2, -0.15) is 0 Å². The van der Waals surface area contributed by atoms with Gasteiger partial charge in [0.05, 0.1) is 4.92 Å². The van der Waals surface area contributed by atoms with Crippen molar-refractivity contribution in [2.45, 2.75) is 25.7 Å². The Balaban J connectivity index is 2.44. The smallest absolute Gasteiger partial charge is 0.303 e. The second-order valence-electron chi connectivity index (χ2n) is 4.38. The number of carbonyl (C=O) groups excluding carboxylic acids is 1. The molecular weight excluding hydrogens is 300 g/mol. The summed E-state index contributed by atoms with van der Waals surface area (Å²) >= 11 is 5.66. The Hall–Kier alpha value is -2.15. The van der Waals surface area contributed by atoms with Gasteiger partial charge in [-0.15, -0.1) is 0 Å². The number of nitro benzene ring substituents is 1. The molecule has 1 amide bonds. The molecule has 0 aliphatic heterocycles. The number of amides is 1. The molecule has 7 nitrogen and oxygen atoms in total. The van der Waals surface area contributed by atoms with Gasteiger partial charge in [0.1, 0.15) is 5.02 Å². The van der Waals surface area contributed by atoms with Crippen LogP contribution in [0.25, 0.3) is 0 Å². The third-order valence-corrected chi connectivity index (χ3v) is 3.08. The average molecular weight is 315 g/mol. The molecule has 0 fully saturated rings. The largest absolute Gasteiger partial charge is 0.481 e. The summed E-state index contributed by atoms with van der Waals surface area (Å²) in [6.07, 6.45) is 2.00. The Kier molecular flexibility index (Phi) is 6.61. The summed E-state index contributed by atoms with van der Waals surface area (Å²) in [6, 6.07) is 3.85. The molecule has 0 aliphatic carbocycles. The van der Waals surface area contributed by atoms with E-state index in [9.17, 15) is 19.7 Å². The summed E-state index contributed by atoms with van der Waals surface area (Å²) in [7, 11) is 0. The van der Waals surface area contributed by atoms with E-state index in [4.69, 9.17) is 16.7 Å². The molecule has 0 radical (unpaired) electrons. The molecule has 0 aromatic heterocycles. The maximum Gasteiger partial charge on any atom is 0.303 e. The molecule has 114 valence electrons. The van der Waals surface area contributed by atoms with Crippen LogP contribution in [-0.2, 0) is 4.79 Å². The lowest BCUT2D eigenvalue weighted by Gasteiger charge is -2.05. The van der Waals surface area contributed by atoms with Crippen LogP contribution in [0.1, 0.15) is 36.0 Å². The number of aliphatic carboxylic acids is 1. The molecule has 8 heteroatoms. The predicted molar refractivity (Wildman–Crippen MR) is 76.5 cm³/mol. The lowest BCUT2D eigenvalue weighted by Crippen LogP contribution is -2.24. The van der Waals surface area contributed by atoms with Crippen LogP contribution < -0.4 is 5.32 Å². The standard InChI is InChI=1S/C13H15ClN2O5/c14-10-6-5-9(8-11(10)16(20)21)13(19)15-7-3-1-2-4-12(17)18/h5-6,8H,1-4,7H2,(H,15,19)(H,17,18). The highest BCUT2D eigenvalue weighted by atomic mass is 35.5. The summed E-state index contributed by atoms with van der Waals surface area (Å²) in [5.41, 5.74) is -0.151. The number of carboxylic acids is 1. The molecule has 0 saturated carbocycles. The molecule has 0 bridgehead atoms. The highest BCUT2D eigenvalue weighted by Gasteiger charge is 2.15. The van der Waals surface area contributed by atoms with Crippen LogP contribution in [-0.4, -0.2) is 28.5 Å². The van der Waals surface area contributed by atoms with Crippen molar-refractivity contribution < 1.29 is 19.6 Å². The maximum atomic E-state index is 11.8. The van der Waals surface area contributed by atoms with Crippen LogP contribution >= 0.6 is 11.6 Å². The minimum absolute atomic E-state index is 0.0229. The van der Waals surface area contributed by atoms with Gasteiger partial charge in [-0.1, -0.05) is 18.0 Å². The topological polar surface area (TPSA) is 110 Å². The zero-order valence-corrected chi connectivity index (χ0v) is 11.9. The van der Waals surface area contributed by atoms with Gasteiger partial charge in [0.25, 0.3) is 11.6 Å². The molecule has 1 rings (SSSR count). The molecule has 0 saturated heterocycles. The predicted octanol–water partition coefficient (Wildman–Crippen LogP) is 2.62. The second-order valence-corrected chi connectivity index (χ2v) is 4.79. The number of hydrogen-bond acceptors (Lipinski definition) is 4. The van der Waals surface area contributed by atoms with Crippen molar-refractivity contribution >= 4 is 29.2 Å². The first-order valence-corrected chi connectivity index (χ1v) is 6.73. The summed E-state index contributed by atoms with van der Waals surface area (Å²) in [4.78, 5) is 32.2. The SMILES string of the molecule is O=C(O)CCCCCNC(=O)c1ccc(Cl)c([N+](=O)[O-])c1. The second kappa shape index (κ2) is 8.21. The van der Waals surface area contributed by atoms with E-state index in [2.05, 4.69) is 5.32 Å². The van der Waals surface area contributed by atoms with Crippen molar-refractivity contribution in [2.75, 3.05) is 6.54 Å². The van der Waals surface area contributed by atoms with Gasteiger partial charge in [0, 0.05) is 24.6 Å². The average Bonchev–Trinajstić information content (AvgIpc) is 2.42. The van der Waals surface area contributed by atoms with Crippen LogP contribution in [0.15, 0.2) is 18.2 Å². The Labute approximate surface area is 126 Å². The van der Waals surface area contributed by atoms with Crippen LogP contribution in [0, 0.1) is 10.1 Å². The fraction of sp³-hybridized carbons (Fsp3) is 0.385. The van der Waals surface area contributed by atoms with Crippen molar-refractivity contribution in [2.24, 2.45) is 0 Å². The summed E-state index contributed by atoms with van der Waals surface area (Å²) in [5.74, 6) is -1.26. The number of unbranched alkanes of at least 4 members (excludes halogenated alkanes) is 2. The third-order valence-electron chi connectivity index (χ3n) is 2.76. The normalized spacial score (nSPS) is 10.1. The number of benzene rings is 1. The summed E-state index contributed by atoms with van der Waals surface area (Å²) in [5, 5.41) is 21.8. The highest BCUT2D eigenvalue weighted by Crippen LogP contribution is 2.24. The minimum atomic E-state index is -0.840. The molecule has 0 unspecified atom stereocenters. The lowest BCUT2D eigenvalue weighted by atomic mass is 10.1. The van der Waals surface area contributed by atoms with E-state index in [1.54, 1.807) is 0 Å². The van der Waals surface area contributed by atoms with E-state index in [-0.39, 0.29) is 22.7 Å². The molecule has 0 aliphatic rings. The Morgan fingerprint density at radius 1 is 1.29 bits per heavy atom. The zero-order valence-electron chi connectivity index (χ0n) is 11.2. The molecule has 2 N–H and O–H groups in total. The van der Waals surface area contributed by atoms with Gasteiger partial charge in [-0.05, 0) is 25.0 Å². The Morgan fingerprint density at radius 2 is 2.00 bits per heavy atom.